The summed E-state index contributed by atoms with van der Waals surface area (Å²) in [5.41, 5.74) is 2.25. The molecule has 0 bridgehead atoms. The topological polar surface area (TPSA) is 98.0 Å². The Balaban J connectivity index is 1.43. The Morgan fingerprint density at radius 2 is 1.78 bits per heavy atom. The summed E-state index contributed by atoms with van der Waals surface area (Å²) in [5, 5.41) is 9.76. The molecule has 0 aliphatic rings. The van der Waals surface area contributed by atoms with Gasteiger partial charge in [-0.15, -0.1) is 0 Å². The Bertz CT molecular complexity index is 1280. The second-order valence-corrected chi connectivity index (χ2v) is 7.10. The van der Waals surface area contributed by atoms with Crippen molar-refractivity contribution in [2.45, 2.75) is 13.1 Å². The van der Waals surface area contributed by atoms with Gasteiger partial charge in [0.05, 0.1) is 11.3 Å². The van der Waals surface area contributed by atoms with Crippen molar-refractivity contribution in [3.63, 3.8) is 0 Å². The van der Waals surface area contributed by atoms with E-state index in [0.29, 0.717) is 12.2 Å². The molecule has 4 rings (SSSR count). The maximum atomic E-state index is 12.7. The maximum absolute atomic E-state index is 12.7. The largest absolute Gasteiger partial charge is 0.350 e. The van der Waals surface area contributed by atoms with Crippen LogP contribution in [0.3, 0.4) is 0 Å². The molecule has 4 aromatic rings. The van der Waals surface area contributed by atoms with Crippen LogP contribution in [0.5, 0.6) is 0 Å². The van der Waals surface area contributed by atoms with E-state index < -0.39 is 0 Å². The third-order valence-corrected chi connectivity index (χ3v) is 4.77. The number of carbonyl (C=O) groups excluding carboxylic acids is 2. The predicted octanol–water partition coefficient (Wildman–Crippen LogP) is 2.60. The molecule has 0 saturated carbocycles. The summed E-state index contributed by atoms with van der Waals surface area (Å²) in [4.78, 5) is 37.2. The number of carbonyl (C=O) groups is 2. The molecule has 2 heterocycles. The van der Waals surface area contributed by atoms with Crippen LogP contribution in [0.1, 0.15) is 15.9 Å². The van der Waals surface area contributed by atoms with Crippen LogP contribution in [-0.2, 0) is 17.9 Å². The molecule has 2 aromatic heterocycles. The molecule has 0 spiro atoms. The molecule has 0 aliphatic heterocycles. The minimum absolute atomic E-state index is 0.179. The van der Waals surface area contributed by atoms with Gasteiger partial charge in [0, 0.05) is 36.9 Å². The van der Waals surface area contributed by atoms with Crippen LogP contribution in [0, 0.1) is 0 Å². The molecule has 0 radical (unpaired) electrons. The van der Waals surface area contributed by atoms with Gasteiger partial charge < -0.3 is 15.2 Å². The SMILES string of the molecule is O=C(Cn1cc(C(=O)Nc2cccc(-n3cccn3)c2)ccc1=O)NCc1ccccc1. The van der Waals surface area contributed by atoms with E-state index in [-0.39, 0.29) is 29.5 Å². The second-order valence-electron chi connectivity index (χ2n) is 7.10. The van der Waals surface area contributed by atoms with Crippen molar-refractivity contribution in [1.29, 1.82) is 0 Å². The molecule has 0 atom stereocenters. The number of benzene rings is 2. The summed E-state index contributed by atoms with van der Waals surface area (Å²) in [6.07, 6.45) is 4.86. The molecule has 0 saturated heterocycles. The smallest absolute Gasteiger partial charge is 0.257 e. The van der Waals surface area contributed by atoms with E-state index in [1.165, 1.54) is 22.9 Å². The van der Waals surface area contributed by atoms with Crippen molar-refractivity contribution in [2.24, 2.45) is 0 Å². The number of nitrogens with zero attached hydrogens (tertiary/aromatic N) is 3. The van der Waals surface area contributed by atoms with Gasteiger partial charge in [-0.1, -0.05) is 36.4 Å². The van der Waals surface area contributed by atoms with Crippen molar-refractivity contribution in [1.82, 2.24) is 19.7 Å². The first-order valence-electron chi connectivity index (χ1n) is 10.0. The average molecular weight is 427 g/mol. The molecule has 8 heteroatoms. The van der Waals surface area contributed by atoms with Crippen molar-refractivity contribution < 1.29 is 9.59 Å². The minimum atomic E-state index is -0.388. The van der Waals surface area contributed by atoms with Gasteiger partial charge in [-0.05, 0) is 35.9 Å². The van der Waals surface area contributed by atoms with Crippen molar-refractivity contribution in [2.75, 3.05) is 5.32 Å². The Morgan fingerprint density at radius 3 is 2.56 bits per heavy atom. The van der Waals surface area contributed by atoms with Crippen LogP contribution in [0.2, 0.25) is 0 Å². The number of hydrogen-bond acceptors (Lipinski definition) is 4. The summed E-state index contributed by atoms with van der Waals surface area (Å²) < 4.78 is 2.90. The first kappa shape index (κ1) is 20.8. The third-order valence-electron chi connectivity index (χ3n) is 4.77. The standard InChI is InChI=1S/C24H21N5O3/c30-22(25-15-18-6-2-1-3-7-18)17-28-16-19(10-11-23(28)31)24(32)27-20-8-4-9-21(14-20)29-13-5-12-26-29/h1-14,16H,15,17H2,(H,25,30)(H,27,32). The highest BCUT2D eigenvalue weighted by Gasteiger charge is 2.11. The fourth-order valence-electron chi connectivity index (χ4n) is 3.15. The molecule has 0 fully saturated rings. The molecular weight excluding hydrogens is 406 g/mol. The fourth-order valence-corrected chi connectivity index (χ4v) is 3.15. The minimum Gasteiger partial charge on any atom is -0.350 e. The molecule has 8 nitrogen and oxygen atoms in total. The quantitative estimate of drug-likeness (QED) is 0.474. The van der Waals surface area contributed by atoms with Crippen LogP contribution in [-0.4, -0.2) is 26.2 Å². The molecule has 32 heavy (non-hydrogen) atoms. The summed E-state index contributed by atoms with van der Waals surface area (Å²) >= 11 is 0. The van der Waals surface area contributed by atoms with Gasteiger partial charge in [-0.2, -0.15) is 5.10 Å². The zero-order valence-electron chi connectivity index (χ0n) is 17.1. The van der Waals surface area contributed by atoms with Crippen molar-refractivity contribution >= 4 is 17.5 Å². The van der Waals surface area contributed by atoms with Gasteiger partial charge in [0.15, 0.2) is 0 Å². The molecule has 2 N–H and O–H groups in total. The highest BCUT2D eigenvalue weighted by molar-refractivity contribution is 6.04. The summed E-state index contributed by atoms with van der Waals surface area (Å²) in [7, 11) is 0. The Hall–Kier alpha value is -4.46. The number of amides is 2. The second kappa shape index (κ2) is 9.57. The van der Waals surface area contributed by atoms with E-state index in [2.05, 4.69) is 15.7 Å². The summed E-state index contributed by atoms with van der Waals surface area (Å²) in [5.74, 6) is -0.707. The number of nitrogens with one attached hydrogen (secondary N) is 2. The van der Waals surface area contributed by atoms with Gasteiger partial charge in [-0.3, -0.25) is 14.4 Å². The Labute approximate surface area is 184 Å². The Morgan fingerprint density at radius 1 is 0.938 bits per heavy atom. The van der Waals surface area contributed by atoms with Crippen LogP contribution in [0.25, 0.3) is 5.69 Å². The zero-order chi connectivity index (χ0) is 22.3. The van der Waals surface area contributed by atoms with Gasteiger partial charge >= 0.3 is 0 Å². The zero-order valence-corrected chi connectivity index (χ0v) is 17.1. The lowest BCUT2D eigenvalue weighted by molar-refractivity contribution is -0.121. The van der Waals surface area contributed by atoms with Crippen LogP contribution < -0.4 is 16.2 Å². The molecule has 0 aliphatic carbocycles. The lowest BCUT2D eigenvalue weighted by Crippen LogP contribution is -2.32. The normalized spacial score (nSPS) is 10.5. The molecular formula is C24H21N5O3. The fraction of sp³-hybridized carbons (Fsp3) is 0.0833. The summed E-state index contributed by atoms with van der Waals surface area (Å²) in [6.45, 7) is 0.183. The van der Waals surface area contributed by atoms with E-state index in [9.17, 15) is 14.4 Å². The molecule has 2 aromatic carbocycles. The first-order chi connectivity index (χ1) is 15.6. The highest BCUT2D eigenvalue weighted by Crippen LogP contribution is 2.15. The Kier molecular flexibility index (Phi) is 6.22. The highest BCUT2D eigenvalue weighted by atomic mass is 16.2. The van der Waals surface area contributed by atoms with Gasteiger partial charge in [0.1, 0.15) is 6.54 Å². The maximum Gasteiger partial charge on any atom is 0.257 e. The van der Waals surface area contributed by atoms with Crippen molar-refractivity contribution in [3.8, 4) is 5.69 Å². The molecule has 2 amide bonds. The number of aromatic nitrogens is 3. The van der Waals surface area contributed by atoms with Crippen LogP contribution >= 0.6 is 0 Å². The number of hydrogen-bond donors (Lipinski definition) is 2. The summed E-state index contributed by atoms with van der Waals surface area (Å²) in [6, 6.07) is 21.2. The molecule has 160 valence electrons. The molecule has 0 unspecified atom stereocenters. The van der Waals surface area contributed by atoms with Gasteiger partial charge in [0.2, 0.25) is 5.91 Å². The van der Waals surface area contributed by atoms with E-state index in [1.807, 2.05) is 48.5 Å². The number of rotatable bonds is 7. The predicted molar refractivity (Wildman–Crippen MR) is 121 cm³/mol. The van der Waals surface area contributed by atoms with E-state index in [0.717, 1.165) is 11.3 Å². The number of pyridine rings is 1. The van der Waals surface area contributed by atoms with Gasteiger partial charge in [-0.25, -0.2) is 4.68 Å². The monoisotopic (exact) mass is 427 g/mol. The van der Waals surface area contributed by atoms with Crippen molar-refractivity contribution in [3.05, 3.63) is 113 Å². The lowest BCUT2D eigenvalue weighted by atomic mass is 10.2. The van der Waals surface area contributed by atoms with E-state index in [1.54, 1.807) is 29.2 Å². The average Bonchev–Trinajstić information content (AvgIpc) is 3.35. The van der Waals surface area contributed by atoms with Gasteiger partial charge in [0.25, 0.3) is 11.5 Å². The number of anilines is 1. The third kappa shape index (κ3) is 5.17. The van der Waals surface area contributed by atoms with Crippen LogP contribution in [0.15, 0.2) is 96.2 Å². The first-order valence-corrected chi connectivity index (χ1v) is 10.0. The van der Waals surface area contributed by atoms with Crippen LogP contribution in [0.4, 0.5) is 5.69 Å². The van der Waals surface area contributed by atoms with E-state index in [4.69, 9.17) is 0 Å². The lowest BCUT2D eigenvalue weighted by Gasteiger charge is -2.10. The van der Waals surface area contributed by atoms with E-state index >= 15 is 0 Å².